The highest BCUT2D eigenvalue weighted by molar-refractivity contribution is 7.93. The number of thiophene rings is 1. The number of aliphatic imine (C=N–C) groups is 1. The second kappa shape index (κ2) is 11.9. The number of hydrogen-bond donors (Lipinski definition) is 2. The van der Waals surface area contributed by atoms with Crippen LogP contribution in [0.4, 0.5) is 5.69 Å². The quantitative estimate of drug-likeness (QED) is 0.463. The molecule has 1 aromatic heterocycles. The van der Waals surface area contributed by atoms with Crippen LogP contribution < -0.4 is 10.2 Å². The molecule has 2 aliphatic heterocycles. The molecule has 40 heavy (non-hydrogen) atoms. The predicted octanol–water partition coefficient (Wildman–Crippen LogP) is 4.78. The SMILES string of the molecule is C=C1N=CC(S(=O)(=O)N2CCC(N(C(=O)C3CCC(C)CC3)c3cc(C#CC(C)(C)C)sc3C(=O)O)CC2)=CN1. The number of sulfonamides is 1. The summed E-state index contributed by atoms with van der Waals surface area (Å²) in [4.78, 5) is 32.8. The maximum Gasteiger partial charge on any atom is 0.348 e. The first-order valence-electron chi connectivity index (χ1n) is 13.7. The van der Waals surface area contributed by atoms with Crippen LogP contribution in [-0.4, -0.2) is 55.1 Å². The van der Waals surface area contributed by atoms with Crippen LogP contribution in [0.5, 0.6) is 0 Å². The Bertz CT molecular complexity index is 1390. The number of rotatable bonds is 6. The van der Waals surface area contributed by atoms with E-state index in [1.54, 1.807) is 11.0 Å². The molecular weight excluding hydrogens is 548 g/mol. The lowest BCUT2D eigenvalue weighted by Crippen LogP contribution is -2.51. The smallest absolute Gasteiger partial charge is 0.348 e. The topological polar surface area (TPSA) is 119 Å². The van der Waals surface area contributed by atoms with Crippen LogP contribution in [0.1, 0.15) is 80.8 Å². The van der Waals surface area contributed by atoms with E-state index in [-0.39, 0.29) is 46.2 Å². The number of nitrogens with one attached hydrogen (secondary N) is 1. The minimum atomic E-state index is -3.78. The lowest BCUT2D eigenvalue weighted by molar-refractivity contribution is -0.124. The van der Waals surface area contributed by atoms with Gasteiger partial charge in [0.05, 0.1) is 16.8 Å². The number of amides is 1. The van der Waals surface area contributed by atoms with E-state index in [0.717, 1.165) is 37.0 Å². The number of hydrogen-bond acceptors (Lipinski definition) is 7. The van der Waals surface area contributed by atoms with Crippen LogP contribution >= 0.6 is 11.3 Å². The van der Waals surface area contributed by atoms with Crippen molar-refractivity contribution in [2.75, 3.05) is 18.0 Å². The summed E-state index contributed by atoms with van der Waals surface area (Å²) in [5.41, 5.74) is 0.104. The van der Waals surface area contributed by atoms with Gasteiger partial charge < -0.3 is 15.3 Å². The first-order chi connectivity index (χ1) is 18.8. The number of anilines is 1. The number of carboxylic acid groups (broad SMARTS) is 1. The van der Waals surface area contributed by atoms with E-state index < -0.39 is 16.0 Å². The van der Waals surface area contributed by atoms with Crippen molar-refractivity contribution in [2.45, 2.75) is 72.3 Å². The Hall–Kier alpha value is -2.94. The maximum absolute atomic E-state index is 14.1. The van der Waals surface area contributed by atoms with E-state index >= 15 is 0 Å². The number of nitrogens with zero attached hydrogens (tertiary/aromatic N) is 3. The summed E-state index contributed by atoms with van der Waals surface area (Å²) in [6, 6.07) is 1.39. The highest BCUT2D eigenvalue weighted by Gasteiger charge is 2.39. The summed E-state index contributed by atoms with van der Waals surface area (Å²) in [5.74, 6) is 5.81. The molecule has 0 bridgehead atoms. The van der Waals surface area contributed by atoms with E-state index in [0.29, 0.717) is 35.1 Å². The molecular formula is C29H38N4O5S2. The molecule has 1 aliphatic carbocycles. The molecule has 216 valence electrons. The molecule has 1 amide bonds. The summed E-state index contributed by atoms with van der Waals surface area (Å²) in [6.07, 6.45) is 6.86. The fraction of sp³-hybridized carbons (Fsp3) is 0.552. The molecule has 2 fully saturated rings. The third kappa shape index (κ3) is 6.85. The summed E-state index contributed by atoms with van der Waals surface area (Å²) in [5, 5.41) is 12.8. The van der Waals surface area contributed by atoms with Gasteiger partial charge in [-0.05, 0) is 71.3 Å². The molecule has 4 rings (SSSR count). The van der Waals surface area contributed by atoms with Crippen molar-refractivity contribution in [1.82, 2.24) is 9.62 Å². The Morgan fingerprint density at radius 3 is 2.38 bits per heavy atom. The van der Waals surface area contributed by atoms with Gasteiger partial charge in [-0.15, -0.1) is 11.3 Å². The van der Waals surface area contributed by atoms with E-state index in [1.165, 1.54) is 16.7 Å². The molecule has 2 N–H and O–H groups in total. The summed E-state index contributed by atoms with van der Waals surface area (Å²) < 4.78 is 27.9. The zero-order chi connectivity index (χ0) is 29.2. The van der Waals surface area contributed by atoms with Crippen LogP contribution in [0.25, 0.3) is 0 Å². The minimum Gasteiger partial charge on any atom is -0.477 e. The Balaban J connectivity index is 1.64. The summed E-state index contributed by atoms with van der Waals surface area (Å²) in [7, 11) is -3.78. The van der Waals surface area contributed by atoms with Crippen molar-refractivity contribution in [2.24, 2.45) is 22.2 Å². The highest BCUT2D eigenvalue weighted by atomic mass is 32.2. The molecule has 11 heteroatoms. The number of aromatic carboxylic acids is 1. The molecule has 0 aromatic carbocycles. The van der Waals surface area contributed by atoms with Gasteiger partial charge in [0.1, 0.15) is 15.6 Å². The largest absolute Gasteiger partial charge is 0.477 e. The molecule has 0 spiro atoms. The van der Waals surface area contributed by atoms with Crippen LogP contribution in [0.2, 0.25) is 0 Å². The Morgan fingerprint density at radius 2 is 1.82 bits per heavy atom. The fourth-order valence-electron chi connectivity index (χ4n) is 5.22. The van der Waals surface area contributed by atoms with Gasteiger partial charge in [-0.25, -0.2) is 18.2 Å². The number of carboxylic acids is 1. The van der Waals surface area contributed by atoms with Gasteiger partial charge in [-0.1, -0.05) is 25.3 Å². The van der Waals surface area contributed by atoms with E-state index in [1.807, 2.05) is 20.8 Å². The number of allylic oxidation sites excluding steroid dienone is 1. The van der Waals surface area contributed by atoms with Crippen LogP contribution in [0, 0.1) is 29.1 Å². The van der Waals surface area contributed by atoms with Gasteiger partial charge in [0.15, 0.2) is 0 Å². The highest BCUT2D eigenvalue weighted by Crippen LogP contribution is 2.38. The fourth-order valence-corrected chi connectivity index (χ4v) is 7.45. The van der Waals surface area contributed by atoms with Gasteiger partial charge in [-0.2, -0.15) is 4.31 Å². The zero-order valence-corrected chi connectivity index (χ0v) is 25.2. The number of carbonyl (C=O) groups is 2. The second-order valence-electron chi connectivity index (χ2n) is 11.8. The van der Waals surface area contributed by atoms with Gasteiger partial charge in [0.25, 0.3) is 0 Å². The van der Waals surface area contributed by atoms with Gasteiger partial charge >= 0.3 is 5.97 Å². The summed E-state index contributed by atoms with van der Waals surface area (Å²) >= 11 is 1.08. The molecule has 1 saturated heterocycles. The monoisotopic (exact) mass is 586 g/mol. The Morgan fingerprint density at radius 1 is 1.18 bits per heavy atom. The number of carbonyl (C=O) groups excluding carboxylic acids is 1. The van der Waals surface area contributed by atoms with Crippen molar-refractivity contribution in [3.8, 4) is 11.8 Å². The van der Waals surface area contributed by atoms with Crippen molar-refractivity contribution >= 4 is 45.1 Å². The molecule has 0 unspecified atom stereocenters. The molecule has 0 radical (unpaired) electrons. The second-order valence-corrected chi connectivity index (χ2v) is 14.8. The standard InChI is InChI=1S/C29H38N4O5S2/c1-19-6-8-21(9-7-19)27(34)33(25-16-23(10-13-29(3,4)5)39-26(25)28(35)36)22-11-14-32(15-12-22)40(37,38)24-17-30-20(2)31-18-24/h16-19,21-22,30H,2,6-9,11-12,14-15H2,1,3-5H3,(H,35,36). The van der Waals surface area contributed by atoms with Crippen LogP contribution in [0.3, 0.4) is 0 Å². The molecule has 3 aliphatic rings. The van der Waals surface area contributed by atoms with Gasteiger partial charge in [0.2, 0.25) is 15.9 Å². The first-order valence-corrected chi connectivity index (χ1v) is 15.9. The van der Waals surface area contributed by atoms with Gasteiger partial charge in [-0.3, -0.25) is 4.79 Å². The van der Waals surface area contributed by atoms with E-state index in [2.05, 4.69) is 35.7 Å². The third-order valence-corrected chi connectivity index (χ3v) is 10.4. The average molecular weight is 587 g/mol. The van der Waals surface area contributed by atoms with E-state index in [4.69, 9.17) is 0 Å². The van der Waals surface area contributed by atoms with Crippen LogP contribution in [0.15, 0.2) is 34.6 Å². The normalized spacial score (nSPS) is 22.6. The van der Waals surface area contributed by atoms with Crippen molar-refractivity contribution in [3.63, 3.8) is 0 Å². The third-order valence-electron chi connectivity index (χ3n) is 7.48. The zero-order valence-electron chi connectivity index (χ0n) is 23.6. The van der Waals surface area contributed by atoms with E-state index in [9.17, 15) is 23.1 Å². The van der Waals surface area contributed by atoms with Crippen LogP contribution in [-0.2, 0) is 14.8 Å². The lowest BCUT2D eigenvalue weighted by Gasteiger charge is -2.40. The molecule has 1 aromatic rings. The molecule has 9 nitrogen and oxygen atoms in total. The molecule has 0 atom stereocenters. The maximum atomic E-state index is 14.1. The minimum absolute atomic E-state index is 0.0515. The average Bonchev–Trinajstić information content (AvgIpc) is 3.32. The lowest BCUT2D eigenvalue weighted by atomic mass is 9.82. The molecule has 1 saturated carbocycles. The van der Waals surface area contributed by atoms with Gasteiger partial charge in [0, 0.05) is 36.7 Å². The van der Waals surface area contributed by atoms with Crippen molar-refractivity contribution in [1.29, 1.82) is 0 Å². The Kier molecular flexibility index (Phi) is 8.93. The number of piperidine rings is 1. The summed E-state index contributed by atoms with van der Waals surface area (Å²) in [6.45, 7) is 12.2. The Labute approximate surface area is 241 Å². The van der Waals surface area contributed by atoms with Crippen molar-refractivity contribution in [3.05, 3.63) is 39.3 Å². The molecule has 3 heterocycles. The first kappa shape index (κ1) is 30.0. The van der Waals surface area contributed by atoms with Crippen molar-refractivity contribution < 1.29 is 23.1 Å². The predicted molar refractivity (Wildman–Crippen MR) is 159 cm³/mol.